The summed E-state index contributed by atoms with van der Waals surface area (Å²) in [5.41, 5.74) is 0. The maximum Gasteiger partial charge on any atom is 0.0275 e. The van der Waals surface area contributed by atoms with E-state index in [0.29, 0.717) is 0 Å². The van der Waals surface area contributed by atoms with Crippen molar-refractivity contribution in [2.75, 3.05) is 0 Å². The largest absolute Gasteiger partial charge is 0.147 e. The van der Waals surface area contributed by atoms with E-state index in [1.807, 2.05) is 0 Å². The third-order valence-corrected chi connectivity index (χ3v) is 0.433. The number of allylic oxidation sites excluding steroid dienone is 1. The van der Waals surface area contributed by atoms with Crippen LogP contribution in [0.5, 0.6) is 0 Å². The van der Waals surface area contributed by atoms with Gasteiger partial charge in [0.15, 0.2) is 0 Å². The van der Waals surface area contributed by atoms with Crippen LogP contribution in [0.25, 0.3) is 0 Å². The molecule has 0 aliphatic carbocycles. The zero-order valence-electron chi connectivity index (χ0n) is 3.72. The highest BCUT2D eigenvalue weighted by molar-refractivity contribution is 6.09. The molecule has 0 fully saturated rings. The second kappa shape index (κ2) is 29.0. The Morgan fingerprint density at radius 3 is 1.43 bits per heavy atom. The van der Waals surface area contributed by atoms with Crippen molar-refractivity contribution >= 4 is 47.5 Å². The van der Waals surface area contributed by atoms with Crippen molar-refractivity contribution in [3.63, 3.8) is 0 Å². The summed E-state index contributed by atoms with van der Waals surface area (Å²) < 4.78 is 0. The number of hydrogen-bond donors (Lipinski definition) is 0. The van der Waals surface area contributed by atoms with Gasteiger partial charge in [-0.25, -0.2) is 0 Å². The van der Waals surface area contributed by atoms with Gasteiger partial charge in [0.25, 0.3) is 0 Å². The van der Waals surface area contributed by atoms with Crippen molar-refractivity contribution in [1.29, 1.82) is 0 Å². The van der Waals surface area contributed by atoms with E-state index < -0.39 is 0 Å². The lowest BCUT2D eigenvalue weighted by Crippen LogP contribution is -1.47. The van der Waals surface area contributed by atoms with E-state index in [9.17, 15) is 0 Å². The Morgan fingerprint density at radius 2 is 1.43 bits per heavy atom. The molecule has 0 atom stereocenters. The Labute approximate surface area is 66.4 Å². The Bertz CT molecular complexity index is 24.1. The molecule has 0 N–H and O–H groups in total. The van der Waals surface area contributed by atoms with Gasteiger partial charge in [-0.3, -0.25) is 0 Å². The zero-order valence-corrected chi connectivity index (χ0v) is 7.17. The molecular formula is C3H8Cl3Si. The van der Waals surface area contributed by atoms with E-state index in [1.165, 1.54) is 0 Å². The van der Waals surface area contributed by atoms with Gasteiger partial charge in [-0.05, 0) is 6.04 Å². The summed E-state index contributed by atoms with van der Waals surface area (Å²) in [5, 5.41) is 0. The smallest absolute Gasteiger partial charge is 0.0275 e. The van der Waals surface area contributed by atoms with Gasteiger partial charge in [-0.1, -0.05) is 6.08 Å². The molecule has 7 heavy (non-hydrogen) atoms. The first-order valence-electron chi connectivity index (χ1n) is 1.17. The van der Waals surface area contributed by atoms with Crippen LogP contribution >= 0.6 is 37.2 Å². The van der Waals surface area contributed by atoms with Crippen LogP contribution in [0.1, 0.15) is 0 Å². The summed E-state index contributed by atoms with van der Waals surface area (Å²) in [6.45, 7) is 3.43. The van der Waals surface area contributed by atoms with Crippen LogP contribution in [0.4, 0.5) is 0 Å². The molecule has 0 amide bonds. The Morgan fingerprint density at radius 1 is 1.29 bits per heavy atom. The highest BCUT2D eigenvalue weighted by Gasteiger charge is 1.46. The molecular weight excluding hydrogens is 170 g/mol. The topological polar surface area (TPSA) is 0 Å². The van der Waals surface area contributed by atoms with Crippen LogP contribution in [0.15, 0.2) is 12.7 Å². The molecule has 0 saturated heterocycles. The fourth-order valence-corrected chi connectivity index (χ4v) is 0. The Hall–Kier alpha value is 0.827. The third-order valence-electron chi connectivity index (χ3n) is 0.144. The number of halogens is 3. The average Bonchev–Trinajstić information content (AvgIpc) is 1.37. The van der Waals surface area contributed by atoms with Crippen LogP contribution in [-0.4, -0.2) is 10.2 Å². The van der Waals surface area contributed by atoms with Crippen LogP contribution in [0.3, 0.4) is 0 Å². The zero-order chi connectivity index (χ0) is 3.41. The monoisotopic (exact) mass is 177 g/mol. The summed E-state index contributed by atoms with van der Waals surface area (Å²) in [7, 11) is 3.17. The maximum absolute atomic E-state index is 3.43. The van der Waals surface area contributed by atoms with Crippen LogP contribution in [-0.2, 0) is 0 Å². The first-order chi connectivity index (χ1) is 1.91. The second-order valence-electron chi connectivity index (χ2n) is 0.493. The lowest BCUT2D eigenvalue weighted by atomic mass is 10.8. The molecule has 3 radical (unpaired) electrons. The van der Waals surface area contributed by atoms with Gasteiger partial charge in [-0.15, -0.1) is 43.8 Å². The molecule has 0 heterocycles. The van der Waals surface area contributed by atoms with Gasteiger partial charge in [0.2, 0.25) is 0 Å². The highest BCUT2D eigenvalue weighted by atomic mass is 35.5. The second-order valence-corrected chi connectivity index (χ2v) is 0.901. The number of hydrogen-bond acceptors (Lipinski definition) is 0. The Kier molecular flexibility index (Phi) is 103. The van der Waals surface area contributed by atoms with Gasteiger partial charge in [0, 0.05) is 10.2 Å². The van der Waals surface area contributed by atoms with E-state index in [-0.39, 0.29) is 37.2 Å². The molecule has 0 aromatic rings. The first-order valence-corrected chi connectivity index (χ1v) is 1.88. The highest BCUT2D eigenvalue weighted by Crippen LogP contribution is 1.61. The predicted molar refractivity (Wildman–Crippen MR) is 42.5 cm³/mol. The minimum Gasteiger partial charge on any atom is -0.147 e. The van der Waals surface area contributed by atoms with Gasteiger partial charge < -0.3 is 0 Å². The minimum atomic E-state index is 0. The van der Waals surface area contributed by atoms with E-state index in [1.54, 1.807) is 6.08 Å². The molecule has 0 saturated carbocycles. The summed E-state index contributed by atoms with van der Waals surface area (Å²) >= 11 is 0. The third kappa shape index (κ3) is 47.7. The van der Waals surface area contributed by atoms with Gasteiger partial charge in [0.1, 0.15) is 0 Å². The van der Waals surface area contributed by atoms with Crippen LogP contribution in [0, 0.1) is 0 Å². The SMILES string of the molecule is C=CC[Si].Cl.Cl.Cl. The summed E-state index contributed by atoms with van der Waals surface area (Å²) in [5.74, 6) is 0. The molecule has 0 rings (SSSR count). The lowest BCUT2D eigenvalue weighted by Gasteiger charge is -1.56. The normalized spacial score (nSPS) is 3.57. The predicted octanol–water partition coefficient (Wildman–Crippen LogP) is 2.02. The molecule has 0 aliphatic heterocycles. The van der Waals surface area contributed by atoms with Crippen molar-refractivity contribution in [1.82, 2.24) is 0 Å². The molecule has 0 nitrogen and oxygen atoms in total. The van der Waals surface area contributed by atoms with Crippen LogP contribution < -0.4 is 0 Å². The molecule has 0 spiro atoms. The summed E-state index contributed by atoms with van der Waals surface area (Å²) in [4.78, 5) is 0. The fraction of sp³-hybridized carbons (Fsp3) is 0.333. The first kappa shape index (κ1) is 24.9. The molecule has 0 aliphatic rings. The van der Waals surface area contributed by atoms with Crippen molar-refractivity contribution in [2.45, 2.75) is 6.04 Å². The molecule has 45 valence electrons. The maximum atomic E-state index is 3.43. The molecule has 4 heteroatoms. The Balaban J connectivity index is -0.0000000150. The van der Waals surface area contributed by atoms with Crippen molar-refractivity contribution < 1.29 is 0 Å². The lowest BCUT2D eigenvalue weighted by molar-refractivity contribution is 1.76. The van der Waals surface area contributed by atoms with E-state index in [2.05, 4.69) is 16.8 Å². The molecule has 0 aromatic carbocycles. The molecule has 0 unspecified atom stereocenters. The minimum absolute atomic E-state index is 0. The van der Waals surface area contributed by atoms with Crippen molar-refractivity contribution in [3.8, 4) is 0 Å². The average molecular weight is 179 g/mol. The standard InChI is InChI=1S/C3H5Si.3ClH/c1-2-3-4;;;/h2H,1,3H2;3*1H. The van der Waals surface area contributed by atoms with Gasteiger partial charge in [0.05, 0.1) is 0 Å². The quantitative estimate of drug-likeness (QED) is 0.426. The molecule has 0 bridgehead atoms. The van der Waals surface area contributed by atoms with E-state index in [4.69, 9.17) is 0 Å². The van der Waals surface area contributed by atoms with Crippen LogP contribution in [0.2, 0.25) is 6.04 Å². The van der Waals surface area contributed by atoms with Crippen molar-refractivity contribution in [3.05, 3.63) is 12.7 Å². The van der Waals surface area contributed by atoms with Gasteiger partial charge in [-0.2, -0.15) is 0 Å². The van der Waals surface area contributed by atoms with Gasteiger partial charge >= 0.3 is 0 Å². The van der Waals surface area contributed by atoms with E-state index in [0.717, 1.165) is 6.04 Å². The fourth-order valence-electron chi connectivity index (χ4n) is 0. The summed E-state index contributed by atoms with van der Waals surface area (Å²) in [6.07, 6.45) is 1.79. The van der Waals surface area contributed by atoms with E-state index >= 15 is 0 Å². The van der Waals surface area contributed by atoms with Crippen molar-refractivity contribution in [2.24, 2.45) is 0 Å². The summed E-state index contributed by atoms with van der Waals surface area (Å²) in [6, 6.07) is 0.889. The molecule has 0 aromatic heterocycles. The number of rotatable bonds is 1.